The minimum absolute atomic E-state index is 0.153. The van der Waals surface area contributed by atoms with Gasteiger partial charge in [-0.15, -0.1) is 12.6 Å². The van der Waals surface area contributed by atoms with Crippen LogP contribution in [0.4, 0.5) is 0 Å². The molecule has 0 fully saturated rings. The molecule has 88 valence electrons. The summed E-state index contributed by atoms with van der Waals surface area (Å²) in [7, 11) is 1.52. The minimum Gasteiger partial charge on any atom is -0.394 e. The number of methoxy groups -OCH3 is 1. The van der Waals surface area contributed by atoms with Gasteiger partial charge in [0.25, 0.3) is 5.91 Å². The van der Waals surface area contributed by atoms with Crippen LogP contribution in [0.25, 0.3) is 0 Å². The van der Waals surface area contributed by atoms with E-state index in [9.17, 15) is 4.79 Å². The first-order chi connectivity index (χ1) is 7.67. The van der Waals surface area contributed by atoms with Crippen LogP contribution in [0.1, 0.15) is 10.4 Å². The second-order valence-electron chi connectivity index (χ2n) is 3.36. The zero-order chi connectivity index (χ0) is 12.0. The Bertz CT molecular complexity index is 357. The maximum atomic E-state index is 11.7. The first-order valence-electron chi connectivity index (χ1n) is 4.87. The Hall–Kier alpha value is -1.04. The van der Waals surface area contributed by atoms with Crippen LogP contribution < -0.4 is 5.32 Å². The summed E-state index contributed by atoms with van der Waals surface area (Å²) in [6.07, 6.45) is 0. The number of benzene rings is 1. The van der Waals surface area contributed by atoms with Gasteiger partial charge in [-0.3, -0.25) is 4.79 Å². The highest BCUT2D eigenvalue weighted by Gasteiger charge is 2.12. The van der Waals surface area contributed by atoms with Gasteiger partial charge in [-0.2, -0.15) is 0 Å². The number of nitrogens with one attached hydrogen (secondary N) is 1. The standard InChI is InChI=1S/C11H15NO3S/c1-15-7-9(6-13)12-11(14)8-3-2-4-10(16)5-8/h2-5,9,13,16H,6-7H2,1H3,(H,12,14). The number of aliphatic hydroxyl groups is 1. The van der Waals surface area contributed by atoms with Crippen molar-refractivity contribution in [1.29, 1.82) is 0 Å². The van der Waals surface area contributed by atoms with Gasteiger partial charge in [0.2, 0.25) is 0 Å². The first-order valence-corrected chi connectivity index (χ1v) is 5.31. The van der Waals surface area contributed by atoms with Crippen LogP contribution in [-0.2, 0) is 4.74 Å². The Morgan fingerprint density at radius 3 is 2.94 bits per heavy atom. The highest BCUT2D eigenvalue weighted by molar-refractivity contribution is 7.80. The Labute approximate surface area is 100 Å². The third kappa shape index (κ3) is 3.84. The number of carbonyl (C=O) groups excluding carboxylic acids is 1. The van der Waals surface area contributed by atoms with Gasteiger partial charge in [0.15, 0.2) is 0 Å². The summed E-state index contributed by atoms with van der Waals surface area (Å²) in [5, 5.41) is 11.7. The van der Waals surface area contributed by atoms with Gasteiger partial charge in [-0.05, 0) is 18.2 Å². The fourth-order valence-electron chi connectivity index (χ4n) is 1.26. The Morgan fingerprint density at radius 2 is 2.38 bits per heavy atom. The molecule has 0 saturated heterocycles. The lowest BCUT2D eigenvalue weighted by Gasteiger charge is -2.15. The summed E-state index contributed by atoms with van der Waals surface area (Å²) in [6, 6.07) is 6.51. The third-order valence-electron chi connectivity index (χ3n) is 2.03. The second-order valence-corrected chi connectivity index (χ2v) is 3.88. The van der Waals surface area contributed by atoms with E-state index in [0.717, 1.165) is 4.90 Å². The molecule has 0 aromatic heterocycles. The predicted molar refractivity (Wildman–Crippen MR) is 63.9 cm³/mol. The molecule has 0 saturated carbocycles. The molecule has 1 rings (SSSR count). The molecule has 1 aromatic carbocycles. The molecule has 1 aromatic rings. The number of rotatable bonds is 5. The fraction of sp³-hybridized carbons (Fsp3) is 0.364. The molecular formula is C11H15NO3S. The molecule has 0 radical (unpaired) electrons. The summed E-state index contributed by atoms with van der Waals surface area (Å²) in [4.78, 5) is 12.5. The number of amides is 1. The minimum atomic E-state index is -0.388. The van der Waals surface area contributed by atoms with Crippen LogP contribution >= 0.6 is 12.6 Å². The van der Waals surface area contributed by atoms with Crippen molar-refractivity contribution >= 4 is 18.5 Å². The van der Waals surface area contributed by atoms with Crippen molar-refractivity contribution in [3.63, 3.8) is 0 Å². The molecule has 0 spiro atoms. The summed E-state index contributed by atoms with van der Waals surface area (Å²) in [5.74, 6) is -0.244. The van der Waals surface area contributed by atoms with E-state index in [1.165, 1.54) is 7.11 Å². The molecular weight excluding hydrogens is 226 g/mol. The number of hydrogen-bond acceptors (Lipinski definition) is 4. The zero-order valence-electron chi connectivity index (χ0n) is 9.01. The van der Waals surface area contributed by atoms with E-state index in [1.54, 1.807) is 24.3 Å². The average Bonchev–Trinajstić information content (AvgIpc) is 2.28. The van der Waals surface area contributed by atoms with E-state index in [2.05, 4.69) is 17.9 Å². The van der Waals surface area contributed by atoms with Crippen molar-refractivity contribution in [3.8, 4) is 0 Å². The Kier molecular flexibility index (Phi) is 5.31. The van der Waals surface area contributed by atoms with Gasteiger partial charge in [-0.1, -0.05) is 6.07 Å². The van der Waals surface area contributed by atoms with Crippen molar-refractivity contribution in [2.75, 3.05) is 20.3 Å². The quantitative estimate of drug-likeness (QED) is 0.666. The first kappa shape index (κ1) is 13.0. The van der Waals surface area contributed by atoms with Crippen LogP contribution in [0.2, 0.25) is 0 Å². The molecule has 0 heterocycles. The third-order valence-corrected chi connectivity index (χ3v) is 2.31. The Balaban J connectivity index is 2.64. The molecule has 5 heteroatoms. The molecule has 16 heavy (non-hydrogen) atoms. The van der Waals surface area contributed by atoms with E-state index >= 15 is 0 Å². The lowest BCUT2D eigenvalue weighted by Crippen LogP contribution is -2.40. The molecule has 0 aliphatic rings. The van der Waals surface area contributed by atoms with Gasteiger partial charge < -0.3 is 15.2 Å². The van der Waals surface area contributed by atoms with Gasteiger partial charge in [0.1, 0.15) is 0 Å². The van der Waals surface area contributed by atoms with Crippen LogP contribution in [0.3, 0.4) is 0 Å². The number of ether oxygens (including phenoxy) is 1. The second kappa shape index (κ2) is 6.52. The van der Waals surface area contributed by atoms with Gasteiger partial charge in [-0.25, -0.2) is 0 Å². The number of hydrogen-bond donors (Lipinski definition) is 3. The molecule has 0 bridgehead atoms. The smallest absolute Gasteiger partial charge is 0.251 e. The molecule has 1 unspecified atom stereocenters. The van der Waals surface area contributed by atoms with E-state index < -0.39 is 0 Å². The summed E-state index contributed by atoms with van der Waals surface area (Å²) >= 11 is 4.15. The van der Waals surface area contributed by atoms with Gasteiger partial charge in [0, 0.05) is 17.6 Å². The summed E-state index contributed by atoms with van der Waals surface area (Å²) in [6.45, 7) is 0.128. The highest BCUT2D eigenvalue weighted by Crippen LogP contribution is 2.08. The van der Waals surface area contributed by atoms with Crippen molar-refractivity contribution in [3.05, 3.63) is 29.8 Å². The summed E-state index contributed by atoms with van der Waals surface area (Å²) in [5.41, 5.74) is 0.516. The average molecular weight is 241 g/mol. The topological polar surface area (TPSA) is 58.6 Å². The number of carbonyl (C=O) groups is 1. The number of aliphatic hydroxyl groups excluding tert-OH is 1. The molecule has 2 N–H and O–H groups in total. The maximum absolute atomic E-state index is 11.7. The fourth-order valence-corrected chi connectivity index (χ4v) is 1.48. The highest BCUT2D eigenvalue weighted by atomic mass is 32.1. The predicted octanol–water partition coefficient (Wildman–Crippen LogP) is 0.712. The van der Waals surface area contributed by atoms with Crippen molar-refractivity contribution < 1.29 is 14.6 Å². The van der Waals surface area contributed by atoms with E-state index in [-0.39, 0.29) is 25.2 Å². The van der Waals surface area contributed by atoms with Gasteiger partial charge >= 0.3 is 0 Å². The molecule has 1 amide bonds. The summed E-state index contributed by atoms with van der Waals surface area (Å²) < 4.78 is 4.87. The largest absolute Gasteiger partial charge is 0.394 e. The lowest BCUT2D eigenvalue weighted by molar-refractivity contribution is 0.0839. The lowest BCUT2D eigenvalue weighted by atomic mass is 10.2. The van der Waals surface area contributed by atoms with Crippen molar-refractivity contribution in [2.24, 2.45) is 0 Å². The maximum Gasteiger partial charge on any atom is 0.251 e. The molecule has 0 aliphatic carbocycles. The van der Waals surface area contributed by atoms with Crippen LogP contribution in [0.15, 0.2) is 29.2 Å². The molecule has 0 aliphatic heterocycles. The Morgan fingerprint density at radius 1 is 1.62 bits per heavy atom. The van der Waals surface area contributed by atoms with E-state index in [0.29, 0.717) is 5.56 Å². The molecule has 4 nitrogen and oxygen atoms in total. The SMILES string of the molecule is COCC(CO)NC(=O)c1cccc(S)c1. The van der Waals surface area contributed by atoms with E-state index in [4.69, 9.17) is 9.84 Å². The normalized spacial score (nSPS) is 12.2. The monoisotopic (exact) mass is 241 g/mol. The van der Waals surface area contributed by atoms with E-state index in [1.807, 2.05) is 0 Å². The van der Waals surface area contributed by atoms with Gasteiger partial charge in [0.05, 0.1) is 19.3 Å². The zero-order valence-corrected chi connectivity index (χ0v) is 9.91. The van der Waals surface area contributed by atoms with Crippen LogP contribution in [-0.4, -0.2) is 37.4 Å². The van der Waals surface area contributed by atoms with Crippen LogP contribution in [0, 0.1) is 0 Å². The molecule has 1 atom stereocenters. The number of thiol groups is 1. The van der Waals surface area contributed by atoms with Crippen LogP contribution in [0.5, 0.6) is 0 Å². The van der Waals surface area contributed by atoms with Crippen molar-refractivity contribution in [1.82, 2.24) is 5.32 Å². The van der Waals surface area contributed by atoms with Crippen molar-refractivity contribution in [2.45, 2.75) is 10.9 Å².